The highest BCUT2D eigenvalue weighted by Gasteiger charge is 2.49. The van der Waals surface area contributed by atoms with E-state index in [1.54, 1.807) is 0 Å². The minimum atomic E-state index is -0.853. The highest BCUT2D eigenvalue weighted by atomic mass is 16.5. The van der Waals surface area contributed by atoms with Crippen LogP contribution in [0.4, 0.5) is 5.69 Å². The number of carboxylic acid groups (broad SMARTS) is 1. The number of hydrogen-bond acceptors (Lipinski definition) is 3. The number of benzene rings is 1. The van der Waals surface area contributed by atoms with Crippen LogP contribution in [0.2, 0.25) is 0 Å². The third-order valence-corrected chi connectivity index (χ3v) is 3.84. The number of carbonyl (C=O) groups is 1. The number of carboxylic acids is 1. The van der Waals surface area contributed by atoms with Crippen molar-refractivity contribution in [3.8, 4) is 0 Å². The molecule has 1 aromatic rings. The predicted octanol–water partition coefficient (Wildman–Crippen LogP) is 1.25. The van der Waals surface area contributed by atoms with Crippen molar-refractivity contribution in [3.05, 3.63) is 29.8 Å². The van der Waals surface area contributed by atoms with Crippen LogP contribution in [0.25, 0.3) is 0 Å². The Morgan fingerprint density at radius 2 is 2.29 bits per heavy atom. The Bertz CT molecular complexity index is 473. The van der Waals surface area contributed by atoms with Crippen LogP contribution in [0.3, 0.4) is 0 Å². The highest BCUT2D eigenvalue weighted by Crippen LogP contribution is 2.46. The van der Waals surface area contributed by atoms with E-state index >= 15 is 0 Å². The van der Waals surface area contributed by atoms with Crippen LogP contribution in [0.15, 0.2) is 24.3 Å². The summed E-state index contributed by atoms with van der Waals surface area (Å²) in [7, 11) is 2.04. The van der Waals surface area contributed by atoms with Gasteiger partial charge in [-0.15, -0.1) is 0 Å². The van der Waals surface area contributed by atoms with Crippen LogP contribution in [0.5, 0.6) is 0 Å². The zero-order valence-corrected chi connectivity index (χ0v) is 9.72. The topological polar surface area (TPSA) is 49.8 Å². The molecule has 4 nitrogen and oxygen atoms in total. The summed E-state index contributed by atoms with van der Waals surface area (Å²) in [6, 6.07) is 8.19. The molecule has 2 aliphatic rings. The summed E-state index contributed by atoms with van der Waals surface area (Å²) in [5.74, 6) is -0.853. The average molecular weight is 233 g/mol. The summed E-state index contributed by atoms with van der Waals surface area (Å²) >= 11 is 0. The van der Waals surface area contributed by atoms with E-state index in [9.17, 15) is 4.79 Å². The molecule has 1 saturated heterocycles. The summed E-state index contributed by atoms with van der Waals surface area (Å²) in [5.41, 5.74) is 2.29. The van der Waals surface area contributed by atoms with Crippen molar-refractivity contribution >= 4 is 11.7 Å². The molecule has 17 heavy (non-hydrogen) atoms. The van der Waals surface area contributed by atoms with E-state index in [-0.39, 0.29) is 5.41 Å². The number of para-hydroxylation sites is 1. The standard InChI is InChI=1S/C13H15NO3/c1-14-7-13(6-11(12(15)16)17-8-13)9-4-2-3-5-10(9)14/h2-5,11H,6-8H2,1H3,(H,15,16). The summed E-state index contributed by atoms with van der Waals surface area (Å²) in [4.78, 5) is 13.2. The van der Waals surface area contributed by atoms with Crippen molar-refractivity contribution in [2.24, 2.45) is 0 Å². The quantitative estimate of drug-likeness (QED) is 0.793. The monoisotopic (exact) mass is 233 g/mol. The number of fused-ring (bicyclic) bond motifs is 2. The lowest BCUT2D eigenvalue weighted by atomic mass is 9.80. The summed E-state index contributed by atoms with van der Waals surface area (Å²) in [6.45, 7) is 1.35. The van der Waals surface area contributed by atoms with Crippen molar-refractivity contribution in [3.63, 3.8) is 0 Å². The smallest absolute Gasteiger partial charge is 0.332 e. The van der Waals surface area contributed by atoms with Gasteiger partial charge in [0.1, 0.15) is 0 Å². The number of anilines is 1. The maximum absolute atomic E-state index is 11.0. The summed E-state index contributed by atoms with van der Waals surface area (Å²) in [6.07, 6.45) is -0.0847. The molecule has 1 aromatic carbocycles. The van der Waals surface area contributed by atoms with E-state index in [0.717, 1.165) is 6.54 Å². The van der Waals surface area contributed by atoms with Gasteiger partial charge >= 0.3 is 5.97 Å². The van der Waals surface area contributed by atoms with Gasteiger partial charge < -0.3 is 14.7 Å². The Labute approximate surface area is 99.8 Å². The van der Waals surface area contributed by atoms with Gasteiger partial charge in [-0.1, -0.05) is 18.2 Å². The van der Waals surface area contributed by atoms with Crippen molar-refractivity contribution in [1.82, 2.24) is 0 Å². The van der Waals surface area contributed by atoms with Gasteiger partial charge in [0.15, 0.2) is 6.10 Å². The van der Waals surface area contributed by atoms with Gasteiger partial charge in [0, 0.05) is 24.7 Å². The predicted molar refractivity (Wildman–Crippen MR) is 63.4 cm³/mol. The molecule has 1 fully saturated rings. The number of rotatable bonds is 1. The van der Waals surface area contributed by atoms with Crippen LogP contribution >= 0.6 is 0 Å². The first kappa shape index (κ1) is 10.6. The van der Waals surface area contributed by atoms with Crippen LogP contribution in [-0.2, 0) is 14.9 Å². The maximum atomic E-state index is 11.0. The molecule has 90 valence electrons. The summed E-state index contributed by atoms with van der Waals surface area (Å²) < 4.78 is 5.43. The molecule has 4 heteroatoms. The molecule has 2 heterocycles. The second-order valence-electron chi connectivity index (χ2n) is 5.00. The maximum Gasteiger partial charge on any atom is 0.332 e. The molecule has 3 rings (SSSR count). The van der Waals surface area contributed by atoms with Crippen molar-refractivity contribution in [2.75, 3.05) is 25.1 Å². The Kier molecular flexibility index (Phi) is 2.16. The first-order valence-electron chi connectivity index (χ1n) is 5.77. The third kappa shape index (κ3) is 1.44. The van der Waals surface area contributed by atoms with E-state index in [1.165, 1.54) is 11.3 Å². The highest BCUT2D eigenvalue weighted by molar-refractivity contribution is 5.74. The van der Waals surface area contributed by atoms with Gasteiger partial charge in [-0.05, 0) is 18.1 Å². The normalized spacial score (nSPS) is 30.9. The summed E-state index contributed by atoms with van der Waals surface area (Å²) in [5, 5.41) is 9.03. The molecule has 1 N–H and O–H groups in total. The van der Waals surface area contributed by atoms with Crippen molar-refractivity contribution in [1.29, 1.82) is 0 Å². The first-order valence-corrected chi connectivity index (χ1v) is 5.77. The molecule has 0 radical (unpaired) electrons. The molecular formula is C13H15NO3. The lowest BCUT2D eigenvalue weighted by molar-refractivity contribution is -0.147. The number of nitrogens with zero attached hydrogens (tertiary/aromatic N) is 1. The first-order chi connectivity index (χ1) is 8.12. The van der Waals surface area contributed by atoms with Gasteiger partial charge in [0.2, 0.25) is 0 Å². The minimum Gasteiger partial charge on any atom is -0.479 e. The van der Waals surface area contributed by atoms with Crippen molar-refractivity contribution in [2.45, 2.75) is 17.9 Å². The molecule has 1 spiro atoms. The molecular weight excluding hydrogens is 218 g/mol. The molecule has 0 amide bonds. The fraction of sp³-hybridized carbons (Fsp3) is 0.462. The molecule has 0 saturated carbocycles. The van der Waals surface area contributed by atoms with Crippen LogP contribution in [0, 0.1) is 0 Å². The van der Waals surface area contributed by atoms with E-state index < -0.39 is 12.1 Å². The lowest BCUT2D eigenvalue weighted by Gasteiger charge is -2.22. The fourth-order valence-corrected chi connectivity index (χ4v) is 3.07. The Balaban J connectivity index is 1.99. The van der Waals surface area contributed by atoms with E-state index in [0.29, 0.717) is 13.0 Å². The van der Waals surface area contributed by atoms with Crippen LogP contribution in [0.1, 0.15) is 12.0 Å². The number of hydrogen-bond donors (Lipinski definition) is 1. The van der Waals surface area contributed by atoms with Gasteiger partial charge in [-0.2, -0.15) is 0 Å². The lowest BCUT2D eigenvalue weighted by Crippen LogP contribution is -2.33. The second kappa shape index (κ2) is 3.47. The van der Waals surface area contributed by atoms with Crippen molar-refractivity contribution < 1.29 is 14.6 Å². The van der Waals surface area contributed by atoms with E-state index in [2.05, 4.69) is 17.0 Å². The molecule has 0 aromatic heterocycles. The molecule has 0 bridgehead atoms. The Morgan fingerprint density at radius 3 is 3.00 bits per heavy atom. The number of ether oxygens (including phenoxy) is 1. The molecule has 0 aliphatic carbocycles. The van der Waals surface area contributed by atoms with Gasteiger partial charge in [-0.25, -0.2) is 4.79 Å². The number of likely N-dealkylation sites (N-methyl/N-ethyl adjacent to an activating group) is 1. The zero-order chi connectivity index (χ0) is 12.0. The minimum absolute atomic E-state index is 0.131. The average Bonchev–Trinajstić information content (AvgIpc) is 2.85. The van der Waals surface area contributed by atoms with Gasteiger partial charge in [0.05, 0.1) is 6.61 Å². The Hall–Kier alpha value is -1.55. The third-order valence-electron chi connectivity index (χ3n) is 3.84. The second-order valence-corrected chi connectivity index (χ2v) is 5.00. The SMILES string of the molecule is CN1CC2(COC(C(=O)O)C2)c2ccccc21. The van der Waals surface area contributed by atoms with Gasteiger partial charge in [-0.3, -0.25) is 0 Å². The van der Waals surface area contributed by atoms with Gasteiger partial charge in [0.25, 0.3) is 0 Å². The Morgan fingerprint density at radius 1 is 1.53 bits per heavy atom. The zero-order valence-electron chi connectivity index (χ0n) is 9.72. The molecule has 2 atom stereocenters. The van der Waals surface area contributed by atoms with E-state index in [4.69, 9.17) is 9.84 Å². The van der Waals surface area contributed by atoms with E-state index in [1.807, 2.05) is 19.2 Å². The largest absolute Gasteiger partial charge is 0.479 e. The van der Waals surface area contributed by atoms with Crippen LogP contribution in [-0.4, -0.2) is 37.4 Å². The number of aliphatic carboxylic acids is 1. The molecule has 2 unspecified atom stereocenters. The van der Waals surface area contributed by atoms with Crippen LogP contribution < -0.4 is 4.90 Å². The molecule has 2 aliphatic heterocycles. The fourth-order valence-electron chi connectivity index (χ4n) is 3.07.